The van der Waals surface area contributed by atoms with E-state index < -0.39 is 0 Å². The summed E-state index contributed by atoms with van der Waals surface area (Å²) in [6.45, 7) is 1.97. The molecule has 9 heteroatoms. The molecule has 2 heterocycles. The zero-order valence-electron chi connectivity index (χ0n) is 18.0. The summed E-state index contributed by atoms with van der Waals surface area (Å²) in [6.07, 6.45) is 0.741. The van der Waals surface area contributed by atoms with Crippen molar-refractivity contribution in [2.45, 2.75) is 23.4 Å². The molecule has 0 saturated carbocycles. The Morgan fingerprint density at radius 3 is 2.75 bits per heavy atom. The van der Waals surface area contributed by atoms with E-state index in [1.807, 2.05) is 31.2 Å². The van der Waals surface area contributed by atoms with Gasteiger partial charge in [0.05, 0.1) is 36.2 Å². The van der Waals surface area contributed by atoms with Gasteiger partial charge in [-0.3, -0.25) is 14.2 Å². The van der Waals surface area contributed by atoms with Gasteiger partial charge in [-0.1, -0.05) is 23.9 Å². The SMILES string of the molecule is COc1ccc(-n2c(SCC(=O)Nc3cccc(C)c3)nc3c(c2=O)SCC3)cc1OC. The third-order valence-electron chi connectivity index (χ3n) is 4.93. The first-order valence-electron chi connectivity index (χ1n) is 10.0. The number of benzene rings is 2. The number of nitrogens with one attached hydrogen (secondary N) is 1. The molecule has 0 aliphatic carbocycles. The highest BCUT2D eigenvalue weighted by Crippen LogP contribution is 2.33. The number of thioether (sulfide) groups is 2. The van der Waals surface area contributed by atoms with E-state index in [1.54, 1.807) is 37.0 Å². The fourth-order valence-corrected chi connectivity index (χ4v) is 5.28. The van der Waals surface area contributed by atoms with Crippen molar-refractivity contribution in [3.63, 3.8) is 0 Å². The standard InChI is InChI=1S/C23H23N3O4S2/c1-14-5-4-6-15(11-14)24-20(27)13-32-23-25-17-9-10-31-21(17)22(28)26(23)16-7-8-18(29-2)19(12-16)30-3/h4-8,11-12H,9-10,13H2,1-3H3,(H,24,27). The highest BCUT2D eigenvalue weighted by molar-refractivity contribution is 8.00. The quantitative estimate of drug-likeness (QED) is 0.415. The van der Waals surface area contributed by atoms with Gasteiger partial charge in [-0.25, -0.2) is 4.98 Å². The first-order chi connectivity index (χ1) is 15.5. The molecule has 0 saturated heterocycles. The first kappa shape index (κ1) is 22.3. The Hall–Kier alpha value is -2.91. The normalized spacial score (nSPS) is 12.3. The van der Waals surface area contributed by atoms with Gasteiger partial charge in [0.1, 0.15) is 0 Å². The number of anilines is 1. The number of carbonyl (C=O) groups is 1. The van der Waals surface area contributed by atoms with Crippen molar-refractivity contribution in [2.24, 2.45) is 0 Å². The second-order valence-corrected chi connectivity index (χ2v) is 9.20. The number of hydrogen-bond donors (Lipinski definition) is 1. The molecule has 0 atom stereocenters. The molecule has 0 bridgehead atoms. The third kappa shape index (κ3) is 4.63. The van der Waals surface area contributed by atoms with Crippen LogP contribution in [-0.2, 0) is 11.2 Å². The van der Waals surface area contributed by atoms with Gasteiger partial charge < -0.3 is 14.8 Å². The van der Waals surface area contributed by atoms with Gasteiger partial charge >= 0.3 is 0 Å². The largest absolute Gasteiger partial charge is 0.493 e. The van der Waals surface area contributed by atoms with Gasteiger partial charge in [0.25, 0.3) is 5.56 Å². The van der Waals surface area contributed by atoms with Crippen molar-refractivity contribution in [3.8, 4) is 17.2 Å². The molecule has 1 amide bonds. The molecule has 166 valence electrons. The maximum atomic E-state index is 13.3. The predicted octanol–water partition coefficient (Wildman–Crippen LogP) is 3.94. The minimum Gasteiger partial charge on any atom is -0.493 e. The Balaban J connectivity index is 1.65. The average molecular weight is 470 g/mol. The van der Waals surface area contributed by atoms with E-state index >= 15 is 0 Å². The Morgan fingerprint density at radius 2 is 2.00 bits per heavy atom. The number of carbonyl (C=O) groups excluding carboxylic acids is 1. The summed E-state index contributed by atoms with van der Waals surface area (Å²) in [5, 5.41) is 3.37. The lowest BCUT2D eigenvalue weighted by Gasteiger charge is -2.15. The first-order valence-corrected chi connectivity index (χ1v) is 12.0. The fourth-order valence-electron chi connectivity index (χ4n) is 3.43. The number of nitrogens with zero attached hydrogens (tertiary/aromatic N) is 2. The smallest absolute Gasteiger partial charge is 0.272 e. The lowest BCUT2D eigenvalue weighted by molar-refractivity contribution is -0.113. The molecule has 2 aromatic carbocycles. The highest BCUT2D eigenvalue weighted by atomic mass is 32.2. The number of methoxy groups -OCH3 is 2. The second-order valence-electron chi connectivity index (χ2n) is 7.15. The molecular formula is C23H23N3O4S2. The zero-order valence-corrected chi connectivity index (χ0v) is 19.6. The molecular weight excluding hydrogens is 446 g/mol. The van der Waals surface area contributed by atoms with Crippen LogP contribution in [0.15, 0.2) is 57.3 Å². The summed E-state index contributed by atoms with van der Waals surface area (Å²) in [6, 6.07) is 12.9. The molecule has 0 unspecified atom stereocenters. The summed E-state index contributed by atoms with van der Waals surface area (Å²) >= 11 is 2.75. The molecule has 1 aliphatic rings. The van der Waals surface area contributed by atoms with Gasteiger partial charge in [0, 0.05) is 23.9 Å². The number of rotatable bonds is 7. The van der Waals surface area contributed by atoms with E-state index in [4.69, 9.17) is 14.5 Å². The minimum atomic E-state index is -0.163. The average Bonchev–Trinajstić information content (AvgIpc) is 3.26. The van der Waals surface area contributed by atoms with Crippen molar-refractivity contribution in [3.05, 3.63) is 64.1 Å². The third-order valence-corrected chi connectivity index (χ3v) is 6.97. The number of amides is 1. The van der Waals surface area contributed by atoms with Gasteiger partial charge in [-0.05, 0) is 36.8 Å². The highest BCUT2D eigenvalue weighted by Gasteiger charge is 2.23. The molecule has 7 nitrogen and oxygen atoms in total. The van der Waals surface area contributed by atoms with Crippen molar-refractivity contribution in [1.82, 2.24) is 9.55 Å². The number of aryl methyl sites for hydroxylation is 2. The van der Waals surface area contributed by atoms with Crippen LogP contribution >= 0.6 is 23.5 Å². The monoisotopic (exact) mass is 469 g/mol. The second kappa shape index (κ2) is 9.70. The molecule has 0 spiro atoms. The number of hydrogen-bond acceptors (Lipinski definition) is 7. The minimum absolute atomic E-state index is 0.125. The summed E-state index contributed by atoms with van der Waals surface area (Å²) in [5.74, 6) is 1.87. The van der Waals surface area contributed by atoms with E-state index in [0.717, 1.165) is 29.1 Å². The molecule has 1 N–H and O–H groups in total. The van der Waals surface area contributed by atoms with Crippen molar-refractivity contribution in [2.75, 3.05) is 31.0 Å². The summed E-state index contributed by atoms with van der Waals surface area (Å²) < 4.78 is 12.3. The lowest BCUT2D eigenvalue weighted by Crippen LogP contribution is -2.24. The van der Waals surface area contributed by atoms with E-state index in [0.29, 0.717) is 27.2 Å². The Kier molecular flexibility index (Phi) is 6.76. The van der Waals surface area contributed by atoms with Gasteiger partial charge in [0.15, 0.2) is 16.7 Å². The molecule has 32 heavy (non-hydrogen) atoms. The van der Waals surface area contributed by atoms with E-state index in [1.165, 1.54) is 23.5 Å². The molecule has 0 fully saturated rings. The Morgan fingerprint density at radius 1 is 1.19 bits per heavy atom. The lowest BCUT2D eigenvalue weighted by atomic mass is 10.2. The summed E-state index contributed by atoms with van der Waals surface area (Å²) in [5.41, 5.74) is 3.07. The van der Waals surface area contributed by atoms with Crippen LogP contribution in [0, 0.1) is 6.92 Å². The Bertz CT molecular complexity index is 1230. The zero-order chi connectivity index (χ0) is 22.7. The maximum absolute atomic E-state index is 13.3. The van der Waals surface area contributed by atoms with Crippen LogP contribution in [0.1, 0.15) is 11.3 Å². The number of aromatic nitrogens is 2. The fraction of sp³-hybridized carbons (Fsp3) is 0.261. The number of ether oxygens (including phenoxy) is 2. The van der Waals surface area contributed by atoms with E-state index in [-0.39, 0.29) is 17.2 Å². The van der Waals surface area contributed by atoms with Crippen LogP contribution in [-0.4, -0.2) is 41.2 Å². The van der Waals surface area contributed by atoms with E-state index in [9.17, 15) is 9.59 Å². The van der Waals surface area contributed by atoms with E-state index in [2.05, 4.69) is 5.32 Å². The van der Waals surface area contributed by atoms with Crippen molar-refractivity contribution in [1.29, 1.82) is 0 Å². The number of fused-ring (bicyclic) bond motifs is 1. The summed E-state index contributed by atoms with van der Waals surface area (Å²) in [4.78, 5) is 31.3. The van der Waals surface area contributed by atoms with Gasteiger partial charge in [0.2, 0.25) is 5.91 Å². The van der Waals surface area contributed by atoms with Crippen LogP contribution < -0.4 is 20.3 Å². The van der Waals surface area contributed by atoms with Crippen LogP contribution in [0.3, 0.4) is 0 Å². The van der Waals surface area contributed by atoms with Gasteiger partial charge in [-0.2, -0.15) is 0 Å². The van der Waals surface area contributed by atoms with Crippen molar-refractivity contribution >= 4 is 35.1 Å². The van der Waals surface area contributed by atoms with Crippen molar-refractivity contribution < 1.29 is 14.3 Å². The molecule has 4 rings (SSSR count). The topological polar surface area (TPSA) is 82.5 Å². The van der Waals surface area contributed by atoms with Crippen LogP contribution in [0.4, 0.5) is 5.69 Å². The molecule has 1 aliphatic heterocycles. The Labute approximate surface area is 194 Å². The van der Waals surface area contributed by atoms with Crippen LogP contribution in [0.25, 0.3) is 5.69 Å². The van der Waals surface area contributed by atoms with Crippen LogP contribution in [0.5, 0.6) is 11.5 Å². The molecule has 1 aromatic heterocycles. The molecule has 0 radical (unpaired) electrons. The van der Waals surface area contributed by atoms with Crippen LogP contribution in [0.2, 0.25) is 0 Å². The summed E-state index contributed by atoms with van der Waals surface area (Å²) in [7, 11) is 3.11. The van der Waals surface area contributed by atoms with Gasteiger partial charge in [-0.15, -0.1) is 11.8 Å². The predicted molar refractivity (Wildman–Crippen MR) is 128 cm³/mol. The maximum Gasteiger partial charge on any atom is 0.272 e. The molecule has 3 aromatic rings.